The van der Waals surface area contributed by atoms with Crippen LogP contribution < -0.4 is 14.4 Å². The lowest BCUT2D eigenvalue weighted by Crippen LogP contribution is -2.39. The highest BCUT2D eigenvalue weighted by molar-refractivity contribution is 7.92. The second-order valence-corrected chi connectivity index (χ2v) is 10.2. The van der Waals surface area contributed by atoms with Crippen LogP contribution in [0.5, 0.6) is 11.5 Å². The van der Waals surface area contributed by atoms with Crippen LogP contribution >= 0.6 is 11.3 Å². The summed E-state index contributed by atoms with van der Waals surface area (Å²) in [5.74, 6) is 0.941. The van der Waals surface area contributed by atoms with Crippen molar-refractivity contribution in [3.63, 3.8) is 0 Å². The molecule has 30 heavy (non-hydrogen) atoms. The Labute approximate surface area is 181 Å². The van der Waals surface area contributed by atoms with Gasteiger partial charge in [0, 0.05) is 30.1 Å². The smallest absolute Gasteiger partial charge is 0.185 e. The summed E-state index contributed by atoms with van der Waals surface area (Å²) in [5, 5.41) is 2.58. The van der Waals surface area contributed by atoms with Gasteiger partial charge in [0.25, 0.3) is 0 Å². The standard InChI is InChI=1S/C22H24N2O4S2/c1-27-20-9-8-18(14-21(20)28-2)30(25,26)17-10-12-24(13-11-17)22-23-19(15-29-22)16-6-4-3-5-7-16/h3-9,14-15,17H,10-13H2,1-2H3. The van der Waals surface area contributed by atoms with Crippen LogP contribution in [0.25, 0.3) is 11.3 Å². The summed E-state index contributed by atoms with van der Waals surface area (Å²) in [6.45, 7) is 1.33. The molecule has 1 aliphatic rings. The molecule has 1 fully saturated rings. The lowest BCUT2D eigenvalue weighted by Gasteiger charge is -2.31. The molecule has 0 bridgehead atoms. The highest BCUT2D eigenvalue weighted by atomic mass is 32.2. The Bertz CT molecular complexity index is 1110. The summed E-state index contributed by atoms with van der Waals surface area (Å²) in [4.78, 5) is 7.21. The molecule has 3 aromatic rings. The molecule has 0 N–H and O–H groups in total. The zero-order valence-electron chi connectivity index (χ0n) is 16.9. The largest absolute Gasteiger partial charge is 0.493 e. The quantitative estimate of drug-likeness (QED) is 0.566. The first-order valence-electron chi connectivity index (χ1n) is 9.74. The molecule has 0 atom stereocenters. The first kappa shape index (κ1) is 20.7. The Morgan fingerprint density at radius 3 is 2.37 bits per heavy atom. The molecule has 4 rings (SSSR count). The zero-order chi connectivity index (χ0) is 21.1. The molecular formula is C22H24N2O4S2. The minimum Gasteiger partial charge on any atom is -0.493 e. The van der Waals surface area contributed by atoms with Gasteiger partial charge in [0.05, 0.1) is 30.1 Å². The number of benzene rings is 2. The Morgan fingerprint density at radius 1 is 1.00 bits per heavy atom. The number of methoxy groups -OCH3 is 2. The molecule has 1 aromatic heterocycles. The maximum atomic E-state index is 13.2. The summed E-state index contributed by atoms with van der Waals surface area (Å²) in [6, 6.07) is 14.9. The minimum absolute atomic E-state index is 0.277. The molecule has 2 aromatic carbocycles. The van der Waals surface area contributed by atoms with Crippen LogP contribution in [-0.2, 0) is 9.84 Å². The van der Waals surface area contributed by atoms with E-state index in [1.54, 1.807) is 29.5 Å². The van der Waals surface area contributed by atoms with Gasteiger partial charge in [-0.3, -0.25) is 0 Å². The molecule has 8 heteroatoms. The van der Waals surface area contributed by atoms with Gasteiger partial charge in [-0.15, -0.1) is 11.3 Å². The van der Waals surface area contributed by atoms with Crippen molar-refractivity contribution in [2.24, 2.45) is 0 Å². The average molecular weight is 445 g/mol. The molecule has 1 aliphatic heterocycles. The number of aromatic nitrogens is 1. The summed E-state index contributed by atoms with van der Waals surface area (Å²) in [5.41, 5.74) is 2.04. The lowest BCUT2D eigenvalue weighted by atomic mass is 10.1. The van der Waals surface area contributed by atoms with E-state index >= 15 is 0 Å². The van der Waals surface area contributed by atoms with Crippen molar-refractivity contribution in [1.82, 2.24) is 4.98 Å². The highest BCUT2D eigenvalue weighted by Gasteiger charge is 2.32. The number of ether oxygens (including phenoxy) is 2. The van der Waals surface area contributed by atoms with Crippen LogP contribution in [0.4, 0.5) is 5.13 Å². The second-order valence-electron chi connectivity index (χ2n) is 7.13. The van der Waals surface area contributed by atoms with E-state index in [1.807, 2.05) is 30.3 Å². The molecule has 158 valence electrons. The predicted molar refractivity (Wildman–Crippen MR) is 120 cm³/mol. The van der Waals surface area contributed by atoms with Crippen molar-refractivity contribution in [2.45, 2.75) is 23.0 Å². The van der Waals surface area contributed by atoms with Gasteiger partial charge in [-0.05, 0) is 25.0 Å². The maximum absolute atomic E-state index is 13.2. The number of rotatable bonds is 6. The normalized spacial score (nSPS) is 15.2. The number of hydrogen-bond donors (Lipinski definition) is 0. The fraction of sp³-hybridized carbons (Fsp3) is 0.318. The second kappa shape index (κ2) is 8.65. The van der Waals surface area contributed by atoms with Crippen molar-refractivity contribution >= 4 is 26.3 Å². The van der Waals surface area contributed by atoms with Crippen LogP contribution in [0, 0.1) is 0 Å². The average Bonchev–Trinajstić information content (AvgIpc) is 3.29. The summed E-state index contributed by atoms with van der Waals surface area (Å²) >= 11 is 1.60. The van der Waals surface area contributed by atoms with Gasteiger partial charge in [-0.25, -0.2) is 13.4 Å². The van der Waals surface area contributed by atoms with Gasteiger partial charge in [0.2, 0.25) is 0 Å². The maximum Gasteiger partial charge on any atom is 0.185 e. The van der Waals surface area contributed by atoms with Gasteiger partial charge in [0.1, 0.15) is 0 Å². The third-order valence-electron chi connectivity index (χ3n) is 5.40. The molecular weight excluding hydrogens is 420 g/mol. The molecule has 0 saturated carbocycles. The number of anilines is 1. The van der Waals surface area contributed by atoms with Crippen molar-refractivity contribution in [1.29, 1.82) is 0 Å². The first-order valence-corrected chi connectivity index (χ1v) is 12.2. The fourth-order valence-electron chi connectivity index (χ4n) is 3.69. The van der Waals surface area contributed by atoms with E-state index in [0.717, 1.165) is 16.4 Å². The van der Waals surface area contributed by atoms with E-state index in [1.165, 1.54) is 14.2 Å². The van der Waals surface area contributed by atoms with Gasteiger partial charge in [0.15, 0.2) is 26.5 Å². The summed E-state index contributed by atoms with van der Waals surface area (Å²) in [6.07, 6.45) is 1.13. The van der Waals surface area contributed by atoms with Gasteiger partial charge < -0.3 is 14.4 Å². The molecule has 0 spiro atoms. The van der Waals surface area contributed by atoms with Crippen LogP contribution in [0.1, 0.15) is 12.8 Å². The number of piperidine rings is 1. The Balaban J connectivity index is 1.46. The number of hydrogen-bond acceptors (Lipinski definition) is 7. The van der Waals surface area contributed by atoms with E-state index in [9.17, 15) is 8.42 Å². The number of nitrogens with zero attached hydrogens (tertiary/aromatic N) is 2. The van der Waals surface area contributed by atoms with Gasteiger partial charge in [-0.1, -0.05) is 30.3 Å². The molecule has 0 unspecified atom stereocenters. The van der Waals surface area contributed by atoms with E-state index in [4.69, 9.17) is 14.5 Å². The Kier molecular flexibility index (Phi) is 5.97. The highest BCUT2D eigenvalue weighted by Crippen LogP contribution is 2.34. The molecule has 0 aliphatic carbocycles. The molecule has 0 amide bonds. The van der Waals surface area contributed by atoms with Crippen LogP contribution in [-0.4, -0.2) is 46.0 Å². The van der Waals surface area contributed by atoms with Crippen molar-refractivity contribution in [2.75, 3.05) is 32.2 Å². The van der Waals surface area contributed by atoms with E-state index in [-0.39, 0.29) is 4.90 Å². The summed E-state index contributed by atoms with van der Waals surface area (Å²) < 4.78 is 36.8. The SMILES string of the molecule is COc1ccc(S(=O)(=O)C2CCN(c3nc(-c4ccccc4)cs3)CC2)cc1OC. The van der Waals surface area contributed by atoms with Crippen molar-refractivity contribution in [3.05, 3.63) is 53.9 Å². The van der Waals surface area contributed by atoms with E-state index in [0.29, 0.717) is 37.4 Å². The molecule has 6 nitrogen and oxygen atoms in total. The molecule has 1 saturated heterocycles. The van der Waals surface area contributed by atoms with Gasteiger partial charge >= 0.3 is 0 Å². The topological polar surface area (TPSA) is 68.7 Å². The Hall–Kier alpha value is -2.58. The van der Waals surface area contributed by atoms with Crippen LogP contribution in [0.2, 0.25) is 0 Å². The van der Waals surface area contributed by atoms with Crippen LogP contribution in [0.15, 0.2) is 58.8 Å². The number of thiazole rings is 1. The molecule has 0 radical (unpaired) electrons. The lowest BCUT2D eigenvalue weighted by molar-refractivity contribution is 0.354. The number of sulfone groups is 1. The van der Waals surface area contributed by atoms with E-state index in [2.05, 4.69) is 10.3 Å². The third-order valence-corrected chi connectivity index (χ3v) is 8.56. The fourth-order valence-corrected chi connectivity index (χ4v) is 6.33. The zero-order valence-corrected chi connectivity index (χ0v) is 18.6. The van der Waals surface area contributed by atoms with Crippen LogP contribution in [0.3, 0.4) is 0 Å². The minimum atomic E-state index is -3.44. The van der Waals surface area contributed by atoms with Gasteiger partial charge in [-0.2, -0.15) is 0 Å². The first-order chi connectivity index (χ1) is 14.5. The predicted octanol–water partition coefficient (Wildman–Crippen LogP) is 4.27. The third kappa shape index (κ3) is 4.02. The molecule has 2 heterocycles. The van der Waals surface area contributed by atoms with Crippen molar-refractivity contribution in [3.8, 4) is 22.8 Å². The Morgan fingerprint density at radius 2 is 1.70 bits per heavy atom. The van der Waals surface area contributed by atoms with E-state index < -0.39 is 15.1 Å². The van der Waals surface area contributed by atoms with Crippen molar-refractivity contribution < 1.29 is 17.9 Å². The monoisotopic (exact) mass is 444 g/mol. The summed E-state index contributed by atoms with van der Waals surface area (Å²) in [7, 11) is -0.406.